The SMILES string of the molecule is Cc1ccc(-n2nc(-c3ccccc3)cc2NC(=O)CNC(=O)C2CCCC2)c(C)c1. The highest BCUT2D eigenvalue weighted by atomic mass is 16.2. The molecule has 0 saturated heterocycles. The predicted molar refractivity (Wildman–Crippen MR) is 122 cm³/mol. The highest BCUT2D eigenvalue weighted by Gasteiger charge is 2.23. The number of nitrogens with one attached hydrogen (secondary N) is 2. The van der Waals surface area contributed by atoms with Gasteiger partial charge in [-0.05, 0) is 38.3 Å². The number of aromatic nitrogens is 2. The Morgan fingerprint density at radius 2 is 1.77 bits per heavy atom. The van der Waals surface area contributed by atoms with Crippen LogP contribution in [0.15, 0.2) is 54.6 Å². The summed E-state index contributed by atoms with van der Waals surface area (Å²) in [4.78, 5) is 24.9. The Kier molecular flexibility index (Phi) is 6.16. The van der Waals surface area contributed by atoms with Crippen molar-refractivity contribution in [1.29, 1.82) is 0 Å². The van der Waals surface area contributed by atoms with E-state index < -0.39 is 0 Å². The predicted octanol–water partition coefficient (Wildman–Crippen LogP) is 4.40. The zero-order valence-electron chi connectivity index (χ0n) is 18.0. The van der Waals surface area contributed by atoms with Gasteiger partial charge in [-0.3, -0.25) is 9.59 Å². The van der Waals surface area contributed by atoms with E-state index in [2.05, 4.69) is 16.7 Å². The van der Waals surface area contributed by atoms with Crippen molar-refractivity contribution in [3.63, 3.8) is 0 Å². The standard InChI is InChI=1S/C25H28N4O2/c1-17-12-13-22(18(2)14-17)29-23(15-21(28-29)19-8-4-3-5-9-19)27-24(30)16-26-25(31)20-10-6-7-11-20/h3-5,8-9,12-15,20H,6-7,10-11,16H2,1-2H3,(H,26,31)(H,27,30). The summed E-state index contributed by atoms with van der Waals surface area (Å²) in [6, 6.07) is 17.8. The number of carbonyl (C=O) groups is 2. The summed E-state index contributed by atoms with van der Waals surface area (Å²) >= 11 is 0. The monoisotopic (exact) mass is 416 g/mol. The number of hydrogen-bond acceptors (Lipinski definition) is 3. The van der Waals surface area contributed by atoms with Crippen LogP contribution in [0.25, 0.3) is 16.9 Å². The normalized spacial score (nSPS) is 13.9. The molecular weight excluding hydrogens is 388 g/mol. The molecule has 4 rings (SSSR count). The molecule has 0 unspecified atom stereocenters. The summed E-state index contributed by atoms with van der Waals surface area (Å²) in [5.41, 5.74) is 4.87. The van der Waals surface area contributed by atoms with Gasteiger partial charge in [0.25, 0.3) is 0 Å². The van der Waals surface area contributed by atoms with E-state index in [-0.39, 0.29) is 24.3 Å². The van der Waals surface area contributed by atoms with Gasteiger partial charge in [-0.2, -0.15) is 5.10 Å². The lowest BCUT2D eigenvalue weighted by Crippen LogP contribution is -2.36. The molecule has 160 valence electrons. The van der Waals surface area contributed by atoms with Gasteiger partial charge in [0.1, 0.15) is 5.82 Å². The summed E-state index contributed by atoms with van der Waals surface area (Å²) in [5.74, 6) is 0.321. The molecule has 2 amide bonds. The average Bonchev–Trinajstić information content (AvgIpc) is 3.43. The fourth-order valence-electron chi connectivity index (χ4n) is 4.13. The Morgan fingerprint density at radius 3 is 2.48 bits per heavy atom. The van der Waals surface area contributed by atoms with E-state index in [0.717, 1.165) is 53.8 Å². The number of anilines is 1. The summed E-state index contributed by atoms with van der Waals surface area (Å²) < 4.78 is 1.76. The van der Waals surface area contributed by atoms with Gasteiger partial charge in [-0.15, -0.1) is 0 Å². The topological polar surface area (TPSA) is 76.0 Å². The van der Waals surface area contributed by atoms with Crippen molar-refractivity contribution >= 4 is 17.6 Å². The van der Waals surface area contributed by atoms with Crippen molar-refractivity contribution in [3.8, 4) is 16.9 Å². The quantitative estimate of drug-likeness (QED) is 0.625. The summed E-state index contributed by atoms with van der Waals surface area (Å²) in [5, 5.41) is 10.5. The van der Waals surface area contributed by atoms with Crippen molar-refractivity contribution in [2.24, 2.45) is 5.92 Å². The molecule has 1 aliphatic carbocycles. The second kappa shape index (κ2) is 9.16. The van der Waals surface area contributed by atoms with Crippen LogP contribution >= 0.6 is 0 Å². The van der Waals surface area contributed by atoms with Crippen LogP contribution in [0.4, 0.5) is 5.82 Å². The first-order valence-corrected chi connectivity index (χ1v) is 10.8. The molecule has 1 aliphatic rings. The van der Waals surface area contributed by atoms with E-state index >= 15 is 0 Å². The molecule has 6 heteroatoms. The summed E-state index contributed by atoms with van der Waals surface area (Å²) in [6.07, 6.45) is 3.99. The van der Waals surface area contributed by atoms with Crippen LogP contribution in [-0.2, 0) is 9.59 Å². The zero-order chi connectivity index (χ0) is 21.8. The third-order valence-electron chi connectivity index (χ3n) is 5.78. The first-order valence-electron chi connectivity index (χ1n) is 10.8. The van der Waals surface area contributed by atoms with Gasteiger partial charge < -0.3 is 10.6 Å². The highest BCUT2D eigenvalue weighted by Crippen LogP contribution is 2.27. The van der Waals surface area contributed by atoms with E-state index in [1.54, 1.807) is 4.68 Å². The Labute approximate surface area is 182 Å². The van der Waals surface area contributed by atoms with Crippen LogP contribution in [0.5, 0.6) is 0 Å². The lowest BCUT2D eigenvalue weighted by molar-refractivity contribution is -0.127. The van der Waals surface area contributed by atoms with Gasteiger partial charge in [0.2, 0.25) is 11.8 Å². The Morgan fingerprint density at radius 1 is 1.03 bits per heavy atom. The van der Waals surface area contributed by atoms with Gasteiger partial charge in [-0.1, -0.05) is 60.9 Å². The number of hydrogen-bond donors (Lipinski definition) is 2. The summed E-state index contributed by atoms with van der Waals surface area (Å²) in [6.45, 7) is 4.03. The average molecular weight is 417 g/mol. The largest absolute Gasteiger partial charge is 0.347 e. The van der Waals surface area contributed by atoms with Crippen LogP contribution in [0, 0.1) is 19.8 Å². The second-order valence-electron chi connectivity index (χ2n) is 8.23. The first-order chi connectivity index (χ1) is 15.0. The molecule has 2 aromatic carbocycles. The van der Waals surface area contributed by atoms with E-state index in [9.17, 15) is 9.59 Å². The minimum atomic E-state index is -0.267. The highest BCUT2D eigenvalue weighted by molar-refractivity contribution is 5.95. The molecule has 0 spiro atoms. The van der Waals surface area contributed by atoms with Crippen molar-refractivity contribution in [3.05, 3.63) is 65.7 Å². The van der Waals surface area contributed by atoms with Crippen molar-refractivity contribution in [2.45, 2.75) is 39.5 Å². The molecule has 0 atom stereocenters. The van der Waals surface area contributed by atoms with Crippen molar-refractivity contribution in [2.75, 3.05) is 11.9 Å². The third kappa shape index (κ3) is 4.85. The number of carbonyl (C=O) groups excluding carboxylic acids is 2. The molecule has 1 fully saturated rings. The lowest BCUT2D eigenvalue weighted by Gasteiger charge is -2.13. The molecule has 6 nitrogen and oxygen atoms in total. The Balaban J connectivity index is 1.57. The van der Waals surface area contributed by atoms with Gasteiger partial charge >= 0.3 is 0 Å². The molecule has 2 N–H and O–H groups in total. The molecule has 1 saturated carbocycles. The van der Waals surface area contributed by atoms with Crippen LogP contribution in [0.3, 0.4) is 0 Å². The first kappa shape index (κ1) is 20.8. The smallest absolute Gasteiger partial charge is 0.244 e. The fraction of sp³-hybridized carbons (Fsp3) is 0.320. The van der Waals surface area contributed by atoms with E-state index in [1.807, 2.05) is 62.4 Å². The maximum Gasteiger partial charge on any atom is 0.244 e. The Hall–Kier alpha value is -3.41. The van der Waals surface area contributed by atoms with Gasteiger partial charge in [0, 0.05) is 17.5 Å². The minimum absolute atomic E-state index is 0.0273. The number of benzene rings is 2. The minimum Gasteiger partial charge on any atom is -0.347 e. The lowest BCUT2D eigenvalue weighted by atomic mass is 10.1. The van der Waals surface area contributed by atoms with Gasteiger partial charge in [0.05, 0.1) is 17.9 Å². The molecule has 0 aliphatic heterocycles. The zero-order valence-corrected chi connectivity index (χ0v) is 18.0. The van der Waals surface area contributed by atoms with E-state index in [4.69, 9.17) is 5.10 Å². The molecule has 3 aromatic rings. The van der Waals surface area contributed by atoms with Gasteiger partial charge in [0.15, 0.2) is 0 Å². The summed E-state index contributed by atoms with van der Waals surface area (Å²) in [7, 11) is 0. The molecule has 1 aromatic heterocycles. The third-order valence-corrected chi connectivity index (χ3v) is 5.78. The Bertz CT molecular complexity index is 1080. The van der Waals surface area contributed by atoms with Crippen LogP contribution in [0.1, 0.15) is 36.8 Å². The van der Waals surface area contributed by atoms with Crippen LogP contribution in [-0.4, -0.2) is 28.1 Å². The van der Waals surface area contributed by atoms with Crippen LogP contribution < -0.4 is 10.6 Å². The molecule has 31 heavy (non-hydrogen) atoms. The fourth-order valence-corrected chi connectivity index (χ4v) is 4.13. The van der Waals surface area contributed by atoms with Crippen molar-refractivity contribution in [1.82, 2.24) is 15.1 Å². The molecule has 0 radical (unpaired) electrons. The van der Waals surface area contributed by atoms with E-state index in [1.165, 1.54) is 0 Å². The maximum absolute atomic E-state index is 12.6. The van der Waals surface area contributed by atoms with Gasteiger partial charge in [-0.25, -0.2) is 4.68 Å². The molecular formula is C25H28N4O2. The molecule has 1 heterocycles. The number of amides is 2. The van der Waals surface area contributed by atoms with E-state index in [0.29, 0.717) is 5.82 Å². The second-order valence-corrected chi connectivity index (χ2v) is 8.23. The number of nitrogens with zero attached hydrogens (tertiary/aromatic N) is 2. The number of rotatable bonds is 6. The number of aryl methyl sites for hydroxylation is 2. The van der Waals surface area contributed by atoms with Crippen LogP contribution in [0.2, 0.25) is 0 Å². The van der Waals surface area contributed by atoms with Crippen molar-refractivity contribution < 1.29 is 9.59 Å². The maximum atomic E-state index is 12.6. The molecule has 0 bridgehead atoms.